The topological polar surface area (TPSA) is 58.2 Å². The molecule has 0 spiro atoms. The van der Waals surface area contributed by atoms with E-state index in [1.54, 1.807) is 12.1 Å². The zero-order valence-corrected chi connectivity index (χ0v) is 14.6. The lowest BCUT2D eigenvalue weighted by atomic mass is 9.98. The van der Waals surface area contributed by atoms with E-state index in [4.69, 9.17) is 0 Å². The molecule has 0 atom stereocenters. The first-order valence-corrected chi connectivity index (χ1v) is 8.12. The van der Waals surface area contributed by atoms with Crippen LogP contribution < -0.4 is 10.6 Å². The zero-order valence-electron chi connectivity index (χ0n) is 14.6. The largest absolute Gasteiger partial charge is 0.343 e. The van der Waals surface area contributed by atoms with Crippen LogP contribution >= 0.6 is 0 Å². The summed E-state index contributed by atoms with van der Waals surface area (Å²) in [6, 6.07) is 13.2. The van der Waals surface area contributed by atoms with E-state index in [0.29, 0.717) is 11.5 Å². The van der Waals surface area contributed by atoms with Gasteiger partial charge >= 0.3 is 0 Å². The molecule has 2 rings (SSSR count). The van der Waals surface area contributed by atoms with Crippen LogP contribution in [-0.2, 0) is 4.79 Å². The van der Waals surface area contributed by atoms with E-state index in [1.165, 1.54) is 0 Å². The lowest BCUT2D eigenvalue weighted by Crippen LogP contribution is -2.33. The number of amides is 2. The summed E-state index contributed by atoms with van der Waals surface area (Å²) in [6.45, 7) is 8.04. The van der Waals surface area contributed by atoms with Crippen molar-refractivity contribution in [3.63, 3.8) is 0 Å². The molecule has 0 aliphatic heterocycles. The molecule has 0 saturated heterocycles. The molecule has 0 aliphatic rings. The van der Waals surface area contributed by atoms with Crippen molar-refractivity contribution in [1.82, 2.24) is 5.32 Å². The van der Waals surface area contributed by atoms with E-state index < -0.39 is 0 Å². The number of anilines is 1. The van der Waals surface area contributed by atoms with Crippen molar-refractivity contribution >= 4 is 17.5 Å². The smallest absolute Gasteiger partial charge is 0.251 e. The molecule has 2 amide bonds. The molecule has 0 bridgehead atoms. The molecule has 0 saturated carbocycles. The van der Waals surface area contributed by atoms with Gasteiger partial charge in [0.05, 0.1) is 6.54 Å². The Labute approximate surface area is 143 Å². The first kappa shape index (κ1) is 17.7. The maximum Gasteiger partial charge on any atom is 0.251 e. The number of carbonyl (C=O) groups is 2. The van der Waals surface area contributed by atoms with Crippen LogP contribution in [0.1, 0.15) is 46.8 Å². The van der Waals surface area contributed by atoms with Gasteiger partial charge < -0.3 is 10.6 Å². The molecule has 126 valence electrons. The van der Waals surface area contributed by atoms with E-state index in [-0.39, 0.29) is 18.4 Å². The van der Waals surface area contributed by atoms with Crippen molar-refractivity contribution in [2.75, 3.05) is 11.9 Å². The number of hydrogen-bond donors (Lipinski definition) is 2. The molecule has 2 N–H and O–H groups in total. The minimum atomic E-state index is -0.251. The van der Waals surface area contributed by atoms with Gasteiger partial charge in [0.25, 0.3) is 5.91 Å². The third-order valence-corrected chi connectivity index (χ3v) is 3.91. The third kappa shape index (κ3) is 4.44. The molecule has 24 heavy (non-hydrogen) atoms. The highest BCUT2D eigenvalue weighted by atomic mass is 16.2. The SMILES string of the molecule is Cc1ccc(C(=O)NCC(=O)Nc2c(C)cccc2C(C)C)cc1. The summed E-state index contributed by atoms with van der Waals surface area (Å²) in [5.41, 5.74) is 4.58. The first-order valence-electron chi connectivity index (χ1n) is 8.12. The number of benzene rings is 2. The van der Waals surface area contributed by atoms with Crippen molar-refractivity contribution in [3.05, 3.63) is 64.7 Å². The van der Waals surface area contributed by atoms with Crippen molar-refractivity contribution in [2.24, 2.45) is 0 Å². The lowest BCUT2D eigenvalue weighted by Gasteiger charge is -2.16. The van der Waals surface area contributed by atoms with Crippen LogP contribution in [0.5, 0.6) is 0 Å². The monoisotopic (exact) mass is 324 g/mol. The average Bonchev–Trinajstić information content (AvgIpc) is 2.55. The fraction of sp³-hybridized carbons (Fsp3) is 0.300. The van der Waals surface area contributed by atoms with Crippen molar-refractivity contribution in [3.8, 4) is 0 Å². The van der Waals surface area contributed by atoms with Crippen LogP contribution in [0.2, 0.25) is 0 Å². The molecule has 4 heteroatoms. The Hall–Kier alpha value is -2.62. The molecular formula is C20H24N2O2. The summed E-state index contributed by atoms with van der Waals surface area (Å²) in [4.78, 5) is 24.3. The Morgan fingerprint density at radius 3 is 2.29 bits per heavy atom. The predicted molar refractivity (Wildman–Crippen MR) is 97.4 cm³/mol. The van der Waals surface area contributed by atoms with E-state index in [1.807, 2.05) is 44.2 Å². The first-order chi connectivity index (χ1) is 11.4. The maximum atomic E-state index is 12.2. The molecule has 0 aliphatic carbocycles. The predicted octanol–water partition coefficient (Wildman–Crippen LogP) is 3.80. The van der Waals surface area contributed by atoms with Gasteiger partial charge in [-0.25, -0.2) is 0 Å². The zero-order chi connectivity index (χ0) is 17.7. The lowest BCUT2D eigenvalue weighted by molar-refractivity contribution is -0.115. The van der Waals surface area contributed by atoms with Gasteiger partial charge in [0.1, 0.15) is 0 Å². The van der Waals surface area contributed by atoms with Crippen LogP contribution in [0.15, 0.2) is 42.5 Å². The standard InChI is InChI=1S/C20H24N2O2/c1-13(2)17-7-5-6-15(4)19(17)22-18(23)12-21-20(24)16-10-8-14(3)9-11-16/h5-11,13H,12H2,1-4H3,(H,21,24)(H,22,23). The van der Waals surface area contributed by atoms with Gasteiger partial charge in [-0.15, -0.1) is 0 Å². The minimum Gasteiger partial charge on any atom is -0.343 e. The second-order valence-corrected chi connectivity index (χ2v) is 6.29. The summed E-state index contributed by atoms with van der Waals surface area (Å²) >= 11 is 0. The average molecular weight is 324 g/mol. The fourth-order valence-corrected chi connectivity index (χ4v) is 2.49. The van der Waals surface area contributed by atoms with E-state index >= 15 is 0 Å². The van der Waals surface area contributed by atoms with Crippen LogP contribution in [0.4, 0.5) is 5.69 Å². The molecule has 2 aromatic carbocycles. The highest BCUT2D eigenvalue weighted by Crippen LogP contribution is 2.27. The maximum absolute atomic E-state index is 12.2. The summed E-state index contributed by atoms with van der Waals surface area (Å²) in [6.07, 6.45) is 0. The minimum absolute atomic E-state index is 0.0570. The van der Waals surface area contributed by atoms with Gasteiger partial charge in [-0.2, -0.15) is 0 Å². The van der Waals surface area contributed by atoms with Crippen molar-refractivity contribution in [2.45, 2.75) is 33.6 Å². The van der Waals surface area contributed by atoms with Crippen molar-refractivity contribution in [1.29, 1.82) is 0 Å². The Morgan fingerprint density at radius 1 is 1.00 bits per heavy atom. The van der Waals surface area contributed by atoms with Crippen LogP contribution in [0.3, 0.4) is 0 Å². The van der Waals surface area contributed by atoms with Gasteiger partial charge in [0.2, 0.25) is 5.91 Å². The molecule has 0 radical (unpaired) electrons. The number of carbonyl (C=O) groups excluding carboxylic acids is 2. The summed E-state index contributed by atoms with van der Waals surface area (Å²) in [7, 11) is 0. The third-order valence-electron chi connectivity index (χ3n) is 3.91. The fourth-order valence-electron chi connectivity index (χ4n) is 2.49. The molecule has 0 heterocycles. The number of rotatable bonds is 5. The number of hydrogen-bond acceptors (Lipinski definition) is 2. The van der Waals surface area contributed by atoms with Gasteiger partial charge in [0.15, 0.2) is 0 Å². The summed E-state index contributed by atoms with van der Waals surface area (Å²) in [5, 5.41) is 5.58. The highest BCUT2D eigenvalue weighted by Gasteiger charge is 2.13. The van der Waals surface area contributed by atoms with Crippen LogP contribution in [-0.4, -0.2) is 18.4 Å². The molecule has 4 nitrogen and oxygen atoms in total. The van der Waals surface area contributed by atoms with Crippen molar-refractivity contribution < 1.29 is 9.59 Å². The number of aryl methyl sites for hydroxylation is 2. The Balaban J connectivity index is 1.99. The summed E-state index contributed by atoms with van der Waals surface area (Å²) in [5.74, 6) is -0.173. The quantitative estimate of drug-likeness (QED) is 0.879. The van der Waals surface area contributed by atoms with Gasteiger partial charge in [-0.1, -0.05) is 49.7 Å². The van der Waals surface area contributed by atoms with Gasteiger partial charge in [-0.3, -0.25) is 9.59 Å². The summed E-state index contributed by atoms with van der Waals surface area (Å²) < 4.78 is 0. The highest BCUT2D eigenvalue weighted by molar-refractivity contribution is 5.99. The Bertz CT molecular complexity index is 734. The number of para-hydroxylation sites is 1. The second kappa shape index (κ2) is 7.77. The number of nitrogens with one attached hydrogen (secondary N) is 2. The molecule has 0 fully saturated rings. The Kier molecular flexibility index (Phi) is 5.74. The normalized spacial score (nSPS) is 10.5. The van der Waals surface area contributed by atoms with E-state index in [0.717, 1.165) is 22.4 Å². The van der Waals surface area contributed by atoms with Crippen LogP contribution in [0.25, 0.3) is 0 Å². The second-order valence-electron chi connectivity index (χ2n) is 6.29. The van der Waals surface area contributed by atoms with E-state index in [9.17, 15) is 9.59 Å². The van der Waals surface area contributed by atoms with E-state index in [2.05, 4.69) is 24.5 Å². The van der Waals surface area contributed by atoms with Gasteiger partial charge in [0, 0.05) is 11.3 Å². The molecular weight excluding hydrogens is 300 g/mol. The molecule has 2 aromatic rings. The Morgan fingerprint density at radius 2 is 1.67 bits per heavy atom. The molecule has 0 aromatic heterocycles. The van der Waals surface area contributed by atoms with Crippen LogP contribution in [0, 0.1) is 13.8 Å². The van der Waals surface area contributed by atoms with Gasteiger partial charge in [-0.05, 0) is 43.0 Å². The molecule has 0 unspecified atom stereocenters.